The molecule has 1 unspecified atom stereocenters. The Morgan fingerprint density at radius 3 is 1.55 bits per heavy atom. The van der Waals surface area contributed by atoms with Gasteiger partial charge in [0.25, 0.3) is 21.8 Å². The average Bonchev–Trinajstić information content (AvgIpc) is 3.03. The first-order chi connectivity index (χ1) is 20.1. The van der Waals surface area contributed by atoms with E-state index in [1.54, 1.807) is 0 Å². The highest BCUT2D eigenvalue weighted by molar-refractivity contribution is 7.89. The van der Waals surface area contributed by atoms with Crippen molar-refractivity contribution in [1.82, 2.24) is 9.42 Å². The van der Waals surface area contributed by atoms with Crippen molar-refractivity contribution in [2.45, 2.75) is 11.1 Å². The van der Waals surface area contributed by atoms with Crippen molar-refractivity contribution in [2.75, 3.05) is 21.3 Å². The maximum Gasteiger partial charge on any atom is 0.287 e. The number of ether oxygens (including phenoxy) is 3. The molecule has 0 aliphatic heterocycles. The molecule has 218 valence electrons. The van der Waals surface area contributed by atoms with Crippen molar-refractivity contribution in [3.8, 4) is 17.2 Å². The smallest absolute Gasteiger partial charge is 0.287 e. The highest BCUT2D eigenvalue weighted by Gasteiger charge is 2.42. The molecule has 0 aliphatic carbocycles. The number of halogens is 1. The summed E-state index contributed by atoms with van der Waals surface area (Å²) in [4.78, 5) is 27.8. The summed E-state index contributed by atoms with van der Waals surface area (Å²) in [7, 11) is -0.500. The van der Waals surface area contributed by atoms with Crippen molar-refractivity contribution in [3.05, 3.63) is 119 Å². The summed E-state index contributed by atoms with van der Waals surface area (Å²) >= 11 is 6.00. The molecular formula is C30H27ClN2O8S. The van der Waals surface area contributed by atoms with Gasteiger partial charge in [0.1, 0.15) is 17.2 Å². The summed E-state index contributed by atoms with van der Waals surface area (Å²) in [6.45, 7) is 0. The number of amides is 2. The van der Waals surface area contributed by atoms with Crippen LogP contribution in [0, 0.1) is 0 Å². The number of rotatable bonds is 9. The van der Waals surface area contributed by atoms with Crippen LogP contribution in [0.25, 0.3) is 0 Å². The molecule has 42 heavy (non-hydrogen) atoms. The molecule has 0 spiro atoms. The minimum atomic E-state index is -4.82. The number of hydrogen-bond donors (Lipinski definition) is 1. The summed E-state index contributed by atoms with van der Waals surface area (Å²) in [6.07, 6.45) is -1.94. The molecule has 4 rings (SSSR count). The van der Waals surface area contributed by atoms with E-state index in [0.717, 1.165) is 0 Å². The summed E-state index contributed by atoms with van der Waals surface area (Å²) in [5, 5.41) is 12.4. The highest BCUT2D eigenvalue weighted by Crippen LogP contribution is 2.31. The number of carbonyl (C=O) groups is 2. The van der Waals surface area contributed by atoms with E-state index in [9.17, 15) is 23.1 Å². The molecule has 12 heteroatoms. The normalized spacial score (nSPS) is 11.7. The molecule has 0 bridgehead atoms. The van der Waals surface area contributed by atoms with Crippen LogP contribution < -0.4 is 14.2 Å². The van der Waals surface area contributed by atoms with Gasteiger partial charge in [0.05, 0.1) is 26.2 Å². The van der Waals surface area contributed by atoms with Gasteiger partial charge in [-0.05, 0) is 84.9 Å². The van der Waals surface area contributed by atoms with Crippen LogP contribution in [0.5, 0.6) is 17.2 Å². The Balaban J connectivity index is 1.94. The number of hydrogen-bond acceptors (Lipinski definition) is 8. The van der Waals surface area contributed by atoms with Crippen LogP contribution in [0.3, 0.4) is 0 Å². The van der Waals surface area contributed by atoms with Gasteiger partial charge in [-0.15, -0.1) is 4.41 Å². The summed E-state index contributed by atoms with van der Waals surface area (Å²) < 4.78 is 44.2. The molecule has 1 N–H and O–H groups in total. The Labute approximate surface area is 248 Å². The molecule has 0 saturated carbocycles. The minimum absolute atomic E-state index is 0.0257. The van der Waals surface area contributed by atoms with E-state index in [0.29, 0.717) is 27.3 Å². The van der Waals surface area contributed by atoms with E-state index in [2.05, 4.69) is 0 Å². The maximum absolute atomic E-state index is 14.2. The fourth-order valence-electron chi connectivity index (χ4n) is 3.95. The summed E-state index contributed by atoms with van der Waals surface area (Å²) in [5.41, 5.74) is -0.0235. The number of nitrogens with zero attached hydrogens (tertiary/aromatic N) is 2. The number of sulfonamides is 1. The van der Waals surface area contributed by atoms with Gasteiger partial charge < -0.3 is 19.3 Å². The van der Waals surface area contributed by atoms with Crippen LogP contribution in [0.15, 0.2) is 102 Å². The Kier molecular flexibility index (Phi) is 9.36. The molecule has 0 radical (unpaired) electrons. The second kappa shape index (κ2) is 12.9. The van der Waals surface area contributed by atoms with E-state index in [4.69, 9.17) is 25.8 Å². The van der Waals surface area contributed by atoms with Crippen molar-refractivity contribution in [1.29, 1.82) is 0 Å². The lowest BCUT2D eigenvalue weighted by Crippen LogP contribution is -2.54. The van der Waals surface area contributed by atoms with E-state index in [1.807, 2.05) is 0 Å². The molecular weight excluding hydrogens is 584 g/mol. The number of hydrazine groups is 1. The Hall–Kier alpha value is -4.58. The quantitative estimate of drug-likeness (QED) is 0.209. The molecule has 4 aromatic carbocycles. The van der Waals surface area contributed by atoms with Gasteiger partial charge >= 0.3 is 0 Å². The molecule has 0 aromatic heterocycles. The second-order valence-electron chi connectivity index (χ2n) is 8.76. The molecule has 4 aromatic rings. The predicted octanol–water partition coefficient (Wildman–Crippen LogP) is 4.95. The van der Waals surface area contributed by atoms with Gasteiger partial charge in [-0.3, -0.25) is 9.59 Å². The maximum atomic E-state index is 14.2. The Morgan fingerprint density at radius 1 is 0.667 bits per heavy atom. The minimum Gasteiger partial charge on any atom is -0.497 e. The largest absolute Gasteiger partial charge is 0.497 e. The number of aliphatic hydroxyl groups excluding tert-OH is 1. The zero-order valence-corrected chi connectivity index (χ0v) is 24.4. The molecule has 2 amide bonds. The van der Waals surface area contributed by atoms with Crippen molar-refractivity contribution < 1.29 is 37.3 Å². The van der Waals surface area contributed by atoms with Crippen molar-refractivity contribution >= 4 is 33.4 Å². The molecule has 0 aliphatic rings. The van der Waals surface area contributed by atoms with Gasteiger partial charge in [-0.1, -0.05) is 23.7 Å². The van der Waals surface area contributed by atoms with Crippen molar-refractivity contribution in [3.63, 3.8) is 0 Å². The van der Waals surface area contributed by atoms with Crippen LogP contribution in [0.4, 0.5) is 0 Å². The standard InChI is InChI=1S/C30H27ClN2O8S/c1-39-24-12-6-20(7-13-24)28(34)32(29(35)21-8-14-25(40-2)15-9-21)33(30(36)22-4-10-23(31)11-5-22)42(37,38)27-18-16-26(41-3)17-19-27/h4-19,28,34H,1-3H3. The third-order valence-electron chi connectivity index (χ3n) is 6.24. The van der Waals surface area contributed by atoms with Gasteiger partial charge in [-0.25, -0.2) is 0 Å². The average molecular weight is 611 g/mol. The van der Waals surface area contributed by atoms with E-state index < -0.39 is 28.1 Å². The number of carbonyl (C=O) groups excluding carboxylic acids is 2. The lowest BCUT2D eigenvalue weighted by molar-refractivity contribution is -0.0581. The summed E-state index contributed by atoms with van der Waals surface area (Å²) in [6, 6.07) is 22.4. The molecule has 0 heterocycles. The van der Waals surface area contributed by atoms with Crippen LogP contribution in [0.2, 0.25) is 5.02 Å². The summed E-state index contributed by atoms with van der Waals surface area (Å²) in [5.74, 6) is -0.834. The SMILES string of the molecule is COc1ccc(C(=O)N(C(O)c2ccc(OC)cc2)N(C(=O)c2ccc(Cl)cc2)S(=O)(=O)c2ccc(OC)cc2)cc1. The monoisotopic (exact) mass is 610 g/mol. The lowest BCUT2D eigenvalue weighted by Gasteiger charge is -2.37. The topological polar surface area (TPSA) is 123 Å². The number of benzene rings is 4. The molecule has 10 nitrogen and oxygen atoms in total. The van der Waals surface area contributed by atoms with Crippen molar-refractivity contribution in [2.24, 2.45) is 0 Å². The molecule has 0 saturated heterocycles. The van der Waals surface area contributed by atoms with Crippen LogP contribution in [0.1, 0.15) is 32.5 Å². The fourth-order valence-corrected chi connectivity index (χ4v) is 5.47. The Morgan fingerprint density at radius 2 is 1.07 bits per heavy atom. The fraction of sp³-hybridized carbons (Fsp3) is 0.133. The van der Waals surface area contributed by atoms with Crippen LogP contribution in [-0.2, 0) is 10.0 Å². The third kappa shape index (κ3) is 6.33. The van der Waals surface area contributed by atoms with Gasteiger partial charge in [0.2, 0.25) is 0 Å². The van der Waals surface area contributed by atoms with Crippen LogP contribution >= 0.6 is 11.6 Å². The second-order valence-corrected chi connectivity index (χ2v) is 11.0. The number of aliphatic hydroxyl groups is 1. The first-order valence-electron chi connectivity index (χ1n) is 12.4. The predicted molar refractivity (Wildman–Crippen MR) is 155 cm³/mol. The molecule has 1 atom stereocenters. The third-order valence-corrected chi connectivity index (χ3v) is 8.15. The zero-order valence-electron chi connectivity index (χ0n) is 22.8. The lowest BCUT2D eigenvalue weighted by atomic mass is 10.1. The number of methoxy groups -OCH3 is 3. The first kappa shape index (κ1) is 30.4. The first-order valence-corrected chi connectivity index (χ1v) is 14.2. The zero-order chi connectivity index (χ0) is 30.4. The highest BCUT2D eigenvalue weighted by atomic mass is 35.5. The van der Waals surface area contributed by atoms with Gasteiger partial charge in [0.15, 0.2) is 6.23 Å². The van der Waals surface area contributed by atoms with Gasteiger partial charge in [0, 0.05) is 21.7 Å². The molecule has 0 fully saturated rings. The van der Waals surface area contributed by atoms with E-state index >= 15 is 0 Å². The van der Waals surface area contributed by atoms with Crippen LogP contribution in [-0.4, -0.2) is 56.1 Å². The Bertz CT molecular complexity index is 1640. The van der Waals surface area contributed by atoms with E-state index in [-0.39, 0.29) is 26.0 Å². The van der Waals surface area contributed by atoms with E-state index in [1.165, 1.54) is 118 Å². The van der Waals surface area contributed by atoms with Gasteiger partial charge in [-0.2, -0.15) is 13.4 Å².